The standard InChI is InChI=1S/C27H23BN.C14H14B.C14H16B.C6H14B.C2H6B.6Y/c1-28(2,20-12-11-19-15-18-7-3-4-8-22(18)24(19)16-20)21-13-14-27-25(17-21)23-9-5-6-10-26(23)29-27;1-15(2)13-9-5-3-7-11(13)12-8-4-6-10-14(12)15;1-15(2,13-9-5-3-6-10-13)14-11-7-4-8-12-14;1-3-5-7-6-4-2;1-3-2;;;;;;/h3-14,16-17,29H,15H2,1-2H3;3-10H,1-2H3;3-12H,1-2H3;3-6H2,1-2H3;1-2H3;;;;;;/q4*-1;;;;;;;. The average Bonchev–Trinajstić information content (AvgIpc) is 4.02. The third kappa shape index (κ3) is 18.2. The maximum atomic E-state index is 3.55. The molecule has 0 saturated carbocycles. The third-order valence-corrected chi connectivity index (χ3v) is 15.0. The average molecular weight is 1430 g/mol. The summed E-state index contributed by atoms with van der Waals surface area (Å²) in [7, 11) is 4.36. The number of hydrogen-bond acceptors (Lipinski definition) is 0. The van der Waals surface area contributed by atoms with Crippen molar-refractivity contribution in [2.45, 2.75) is 100 Å². The Morgan fingerprint density at radius 3 is 1.36 bits per heavy atom. The number of aromatic amines is 1. The fraction of sp³-hybridized carbons (Fsp3) is 0.238. The van der Waals surface area contributed by atoms with Gasteiger partial charge >= 0.3 is 0 Å². The Balaban J connectivity index is 0.000000527. The minimum Gasteiger partial charge on any atom is -0.355 e. The zero-order chi connectivity index (χ0) is 49.0. The number of H-pyrrole nitrogens is 1. The third-order valence-electron chi connectivity index (χ3n) is 15.0. The van der Waals surface area contributed by atoms with Crippen LogP contribution in [-0.4, -0.2) is 38.0 Å². The Morgan fingerprint density at radius 2 is 0.827 bits per heavy atom. The molecule has 8 aromatic carbocycles. The summed E-state index contributed by atoms with van der Waals surface area (Å²) in [6, 6.07) is 70.5. The molecule has 0 amide bonds. The van der Waals surface area contributed by atoms with E-state index in [0.29, 0.717) is 0 Å². The first kappa shape index (κ1) is 73.5. The number of benzene rings is 8. The molecule has 1 N–H and O–H groups in total. The van der Waals surface area contributed by atoms with Crippen LogP contribution in [0.5, 0.6) is 0 Å². The number of rotatable bonds is 8. The number of hydrogen-bond donors (Lipinski definition) is 1. The molecule has 9 radical (unpaired) electrons. The summed E-state index contributed by atoms with van der Waals surface area (Å²) in [4.78, 5) is 3.55. The van der Waals surface area contributed by atoms with E-state index in [0.717, 1.165) is 6.42 Å². The van der Waals surface area contributed by atoms with Gasteiger partial charge in [0.1, 0.15) is 7.28 Å². The molecule has 11 rings (SSSR count). The predicted octanol–water partition coefficient (Wildman–Crippen LogP) is 13.8. The predicted molar refractivity (Wildman–Crippen MR) is 319 cm³/mol. The number of aromatic nitrogens is 1. The van der Waals surface area contributed by atoms with Crippen LogP contribution < -0.4 is 32.8 Å². The molecule has 1 nitrogen and oxygen atoms in total. The van der Waals surface area contributed by atoms with Crippen LogP contribution in [0.15, 0.2) is 194 Å². The van der Waals surface area contributed by atoms with Crippen molar-refractivity contribution in [2.75, 3.05) is 0 Å². The molecule has 0 spiro atoms. The van der Waals surface area contributed by atoms with Crippen molar-refractivity contribution in [3.63, 3.8) is 0 Å². The molecule has 12 heteroatoms. The number of para-hydroxylation sites is 1. The molecule has 367 valence electrons. The van der Waals surface area contributed by atoms with E-state index >= 15 is 0 Å². The molecule has 1 aliphatic carbocycles. The summed E-state index contributed by atoms with van der Waals surface area (Å²) in [6.07, 6.45) is 4.27. The van der Waals surface area contributed by atoms with Gasteiger partial charge in [0, 0.05) is 230 Å². The monoisotopic (exact) mass is 1430 g/mol. The van der Waals surface area contributed by atoms with Crippen LogP contribution >= 0.6 is 0 Å². The minimum atomic E-state index is -0.854. The van der Waals surface area contributed by atoms with E-state index in [2.05, 4.69) is 261 Å². The van der Waals surface area contributed by atoms with Crippen molar-refractivity contribution in [3.8, 4) is 22.3 Å². The van der Waals surface area contributed by atoms with Crippen LogP contribution in [0.25, 0.3) is 44.1 Å². The maximum Gasteiger partial charge on any atom is 0.102 e. The van der Waals surface area contributed by atoms with Gasteiger partial charge in [0.2, 0.25) is 0 Å². The quantitative estimate of drug-likeness (QED) is 0.115. The van der Waals surface area contributed by atoms with E-state index in [1.165, 1.54) is 113 Å². The van der Waals surface area contributed by atoms with E-state index in [4.69, 9.17) is 0 Å². The molecule has 1 aliphatic heterocycles. The molecular formula is C63H73B5NY6-4. The minimum absolute atomic E-state index is 0. The van der Waals surface area contributed by atoms with Crippen LogP contribution in [-0.2, 0) is 203 Å². The summed E-state index contributed by atoms with van der Waals surface area (Å²) >= 11 is 0. The zero-order valence-corrected chi connectivity index (χ0v) is 63.9. The van der Waals surface area contributed by atoms with Crippen molar-refractivity contribution in [2.24, 2.45) is 0 Å². The first-order chi connectivity index (χ1) is 33.4. The summed E-state index contributed by atoms with van der Waals surface area (Å²) in [5, 5.41) is 2.62. The van der Waals surface area contributed by atoms with Crippen LogP contribution in [0.4, 0.5) is 0 Å². The second-order valence-corrected chi connectivity index (χ2v) is 21.3. The first-order valence-electron chi connectivity index (χ1n) is 26.1. The van der Waals surface area contributed by atoms with Crippen LogP contribution in [0.2, 0.25) is 67.2 Å². The maximum absolute atomic E-state index is 3.55. The van der Waals surface area contributed by atoms with Crippen LogP contribution in [0.3, 0.4) is 0 Å². The fourth-order valence-corrected chi connectivity index (χ4v) is 10.6. The van der Waals surface area contributed by atoms with Crippen molar-refractivity contribution in [1.29, 1.82) is 0 Å². The van der Waals surface area contributed by atoms with Crippen LogP contribution in [0.1, 0.15) is 37.8 Å². The second kappa shape index (κ2) is 35.5. The molecule has 0 saturated heterocycles. The molecule has 2 aliphatic rings. The van der Waals surface area contributed by atoms with Crippen molar-refractivity contribution < 1.29 is 196 Å². The van der Waals surface area contributed by atoms with Crippen molar-refractivity contribution in [3.05, 3.63) is 205 Å². The van der Waals surface area contributed by atoms with Gasteiger partial charge in [-0.25, -0.2) is 34.5 Å². The van der Waals surface area contributed by atoms with E-state index < -0.39 is 18.4 Å². The van der Waals surface area contributed by atoms with Gasteiger partial charge in [-0.1, -0.05) is 233 Å². The Kier molecular flexibility index (Phi) is 34.8. The summed E-state index contributed by atoms with van der Waals surface area (Å²) < 4.78 is 0. The zero-order valence-electron chi connectivity index (χ0n) is 46.9. The van der Waals surface area contributed by atoms with Crippen molar-refractivity contribution in [1.82, 2.24) is 4.98 Å². The largest absolute Gasteiger partial charge is 0.355 e. The normalized spacial score (nSPS) is 11.5. The second-order valence-electron chi connectivity index (χ2n) is 21.3. The Bertz CT molecular complexity index is 2990. The molecule has 2 heterocycles. The summed E-state index contributed by atoms with van der Waals surface area (Å²) in [5.41, 5.74) is 19.7. The topological polar surface area (TPSA) is 15.8 Å². The van der Waals surface area contributed by atoms with E-state index in [-0.39, 0.29) is 196 Å². The molecule has 75 heavy (non-hydrogen) atoms. The van der Waals surface area contributed by atoms with Gasteiger partial charge in [0.25, 0.3) is 0 Å². The van der Waals surface area contributed by atoms with Gasteiger partial charge in [0.15, 0.2) is 0 Å². The molecule has 0 fully saturated rings. The van der Waals surface area contributed by atoms with Crippen LogP contribution in [0, 0.1) is 0 Å². The number of fused-ring (bicyclic) bond motifs is 9. The molecular weight excluding hydrogens is 1360 g/mol. The van der Waals surface area contributed by atoms with E-state index in [9.17, 15) is 0 Å². The summed E-state index contributed by atoms with van der Waals surface area (Å²) in [6.45, 7) is 22.6. The Hall–Kier alpha value is 0.508. The van der Waals surface area contributed by atoms with Gasteiger partial charge in [-0.3, -0.25) is 0 Å². The smallest absolute Gasteiger partial charge is 0.102 e. The molecule has 0 unspecified atom stereocenters. The van der Waals surface area contributed by atoms with Gasteiger partial charge in [-0.15, -0.1) is 0 Å². The molecule has 0 atom stereocenters. The molecule has 1 aromatic heterocycles. The van der Waals surface area contributed by atoms with Gasteiger partial charge < -0.3 is 12.3 Å². The SMILES string of the molecule is CCC[B-]CCC.C[B-](C)(c1ccc2c(c1)-c1ccccc1C2)c1ccc2[nH]c3ccccc3c2c1.C[B-](C)(c1ccccc1)c1ccccc1.C[B-]1(C)c2ccccc2-c2ccccc21.C[B]C.[Y].[Y].[Y].[Y].[Y].[Y]. The van der Waals surface area contributed by atoms with Gasteiger partial charge in [0.05, 0.1) is 6.15 Å². The Morgan fingerprint density at radius 1 is 0.427 bits per heavy atom. The first-order valence-corrected chi connectivity index (χ1v) is 26.1. The number of nitrogens with one attached hydrogen (secondary N) is 1. The Labute approximate surface area is 606 Å². The fourth-order valence-electron chi connectivity index (χ4n) is 10.6. The summed E-state index contributed by atoms with van der Waals surface area (Å²) in [5.74, 6) is 0. The van der Waals surface area contributed by atoms with Gasteiger partial charge in [-0.05, 0) is 40.8 Å². The van der Waals surface area contributed by atoms with E-state index in [1.807, 2.05) is 20.9 Å². The van der Waals surface area contributed by atoms with Gasteiger partial charge in [-0.2, -0.15) is 51.9 Å². The molecule has 0 bridgehead atoms. The van der Waals surface area contributed by atoms with E-state index in [1.54, 1.807) is 0 Å². The van der Waals surface area contributed by atoms with Crippen molar-refractivity contribution >= 4 is 87.6 Å². The molecule has 9 aromatic rings.